The van der Waals surface area contributed by atoms with Gasteiger partial charge in [-0.3, -0.25) is 4.72 Å². The number of nitrogens with zero attached hydrogens (tertiary/aromatic N) is 1. The minimum absolute atomic E-state index is 0.148. The maximum Gasteiger partial charge on any atom is 0.261 e. The van der Waals surface area contributed by atoms with E-state index in [0.717, 1.165) is 0 Å². The van der Waals surface area contributed by atoms with Crippen molar-refractivity contribution in [2.45, 2.75) is 11.8 Å². The quantitative estimate of drug-likeness (QED) is 0.555. The van der Waals surface area contributed by atoms with Gasteiger partial charge in [0.15, 0.2) is 0 Å². The third-order valence-corrected chi connectivity index (χ3v) is 4.40. The number of hydrogen-bond donors (Lipinski definition) is 3. The van der Waals surface area contributed by atoms with Gasteiger partial charge in [0.25, 0.3) is 10.0 Å². The minimum atomic E-state index is -3.66. The molecule has 2 aromatic rings. The molecule has 0 saturated heterocycles. The summed E-state index contributed by atoms with van der Waals surface area (Å²) in [6.45, 7) is 2.62. The van der Waals surface area contributed by atoms with Crippen LogP contribution in [0, 0.1) is 0 Å². The molecule has 8 heteroatoms. The Bertz CT molecular complexity index is 732. The van der Waals surface area contributed by atoms with Crippen LogP contribution in [0.5, 0.6) is 0 Å². The van der Waals surface area contributed by atoms with E-state index in [1.807, 2.05) is 6.92 Å². The highest BCUT2D eigenvalue weighted by Crippen LogP contribution is 2.22. The molecule has 0 unspecified atom stereocenters. The molecule has 4 N–H and O–H groups in total. The molecule has 0 aliphatic rings. The molecule has 0 amide bonds. The summed E-state index contributed by atoms with van der Waals surface area (Å²) in [6.07, 6.45) is 0. The van der Waals surface area contributed by atoms with Crippen LogP contribution >= 0.6 is 15.9 Å². The summed E-state index contributed by atoms with van der Waals surface area (Å²) in [5.74, 6) is 0.585. The summed E-state index contributed by atoms with van der Waals surface area (Å²) in [7, 11) is -3.66. The topological polar surface area (TPSA) is 97.1 Å². The van der Waals surface area contributed by atoms with E-state index in [2.05, 4.69) is 31.0 Å². The number of pyridine rings is 1. The largest absolute Gasteiger partial charge is 0.399 e. The lowest BCUT2D eigenvalue weighted by Crippen LogP contribution is -2.13. The first-order chi connectivity index (χ1) is 9.90. The third kappa shape index (κ3) is 4.08. The van der Waals surface area contributed by atoms with Gasteiger partial charge in [-0.2, -0.15) is 0 Å². The lowest BCUT2D eigenvalue weighted by Gasteiger charge is -2.10. The zero-order valence-corrected chi connectivity index (χ0v) is 13.7. The second kappa shape index (κ2) is 6.31. The van der Waals surface area contributed by atoms with Gasteiger partial charge in [-0.1, -0.05) is 0 Å². The van der Waals surface area contributed by atoms with E-state index in [1.54, 1.807) is 24.3 Å². The molecule has 0 fully saturated rings. The van der Waals surface area contributed by atoms with Gasteiger partial charge in [0.05, 0.1) is 10.6 Å². The highest BCUT2D eigenvalue weighted by molar-refractivity contribution is 9.10. The normalized spacial score (nSPS) is 11.1. The van der Waals surface area contributed by atoms with E-state index in [1.165, 1.54) is 12.1 Å². The number of nitrogens with two attached hydrogens (primary N) is 1. The highest BCUT2D eigenvalue weighted by Gasteiger charge is 2.14. The number of nitrogens with one attached hydrogen (secondary N) is 2. The Morgan fingerprint density at radius 3 is 2.52 bits per heavy atom. The van der Waals surface area contributed by atoms with Crippen molar-refractivity contribution < 1.29 is 8.42 Å². The van der Waals surface area contributed by atoms with Gasteiger partial charge in [-0.15, -0.1) is 0 Å². The minimum Gasteiger partial charge on any atom is -0.399 e. The molecule has 1 aromatic carbocycles. The van der Waals surface area contributed by atoms with E-state index in [9.17, 15) is 8.42 Å². The van der Waals surface area contributed by atoms with E-state index < -0.39 is 10.0 Å². The van der Waals surface area contributed by atoms with Crippen LogP contribution in [0.25, 0.3) is 0 Å². The maximum atomic E-state index is 12.3. The van der Waals surface area contributed by atoms with Crippen LogP contribution in [0.1, 0.15) is 6.92 Å². The Balaban J connectivity index is 2.30. The van der Waals surface area contributed by atoms with E-state index >= 15 is 0 Å². The standard InChI is InChI=1S/C13H15BrN4O2S/c1-2-16-13-8-10(7-12(14)17-13)18-21(19,20)11-5-3-9(15)4-6-11/h3-8H,2,15H2,1H3,(H2,16,17,18). The molecular formula is C13H15BrN4O2S. The van der Waals surface area contributed by atoms with Crippen molar-refractivity contribution in [2.24, 2.45) is 0 Å². The number of halogens is 1. The van der Waals surface area contributed by atoms with Crippen molar-refractivity contribution in [1.29, 1.82) is 0 Å². The fraction of sp³-hybridized carbons (Fsp3) is 0.154. The average Bonchev–Trinajstić information content (AvgIpc) is 2.38. The summed E-state index contributed by atoms with van der Waals surface area (Å²) < 4.78 is 27.6. The Morgan fingerprint density at radius 2 is 1.90 bits per heavy atom. The van der Waals surface area contributed by atoms with Gasteiger partial charge in [-0.05, 0) is 53.2 Å². The van der Waals surface area contributed by atoms with Crippen molar-refractivity contribution in [3.63, 3.8) is 0 Å². The van der Waals surface area contributed by atoms with Gasteiger partial charge in [0.1, 0.15) is 10.4 Å². The molecule has 1 aromatic heterocycles. The van der Waals surface area contributed by atoms with Crippen molar-refractivity contribution in [3.8, 4) is 0 Å². The number of aromatic nitrogens is 1. The second-order valence-corrected chi connectivity index (χ2v) is 6.76. The number of anilines is 3. The number of sulfonamides is 1. The zero-order valence-electron chi connectivity index (χ0n) is 11.3. The first kappa shape index (κ1) is 15.6. The predicted molar refractivity (Wildman–Crippen MR) is 87.8 cm³/mol. The summed E-state index contributed by atoms with van der Waals surface area (Å²) in [6, 6.07) is 9.22. The molecule has 0 aliphatic heterocycles. The number of benzene rings is 1. The molecule has 21 heavy (non-hydrogen) atoms. The number of hydrogen-bond acceptors (Lipinski definition) is 5. The summed E-state index contributed by atoms with van der Waals surface area (Å²) >= 11 is 3.25. The first-order valence-corrected chi connectivity index (χ1v) is 8.48. The van der Waals surface area contributed by atoms with E-state index in [4.69, 9.17) is 5.73 Å². The van der Waals surface area contributed by atoms with Crippen molar-refractivity contribution in [2.75, 3.05) is 22.3 Å². The maximum absolute atomic E-state index is 12.3. The van der Waals surface area contributed by atoms with Gasteiger partial charge in [0, 0.05) is 18.3 Å². The van der Waals surface area contributed by atoms with Crippen LogP contribution in [0.4, 0.5) is 17.2 Å². The zero-order chi connectivity index (χ0) is 15.5. The van der Waals surface area contributed by atoms with E-state index in [-0.39, 0.29) is 4.90 Å². The molecule has 112 valence electrons. The molecule has 6 nitrogen and oxygen atoms in total. The Kier molecular flexibility index (Phi) is 4.69. The molecule has 0 saturated carbocycles. The van der Waals surface area contributed by atoms with Crippen LogP contribution in [0.15, 0.2) is 45.9 Å². The van der Waals surface area contributed by atoms with Gasteiger partial charge in [-0.25, -0.2) is 13.4 Å². The third-order valence-electron chi connectivity index (χ3n) is 2.59. The fourth-order valence-corrected chi connectivity index (χ4v) is 3.17. The molecule has 0 atom stereocenters. The van der Waals surface area contributed by atoms with Crippen molar-refractivity contribution in [3.05, 3.63) is 41.0 Å². The smallest absolute Gasteiger partial charge is 0.261 e. The lowest BCUT2D eigenvalue weighted by molar-refractivity contribution is 0.601. The monoisotopic (exact) mass is 370 g/mol. The number of rotatable bonds is 5. The number of nitrogen functional groups attached to an aromatic ring is 1. The van der Waals surface area contributed by atoms with Crippen molar-refractivity contribution in [1.82, 2.24) is 4.98 Å². The molecule has 2 rings (SSSR count). The molecule has 0 bridgehead atoms. The molecule has 0 radical (unpaired) electrons. The van der Waals surface area contributed by atoms with Crippen LogP contribution in [0.2, 0.25) is 0 Å². The molecule has 0 spiro atoms. The summed E-state index contributed by atoms with van der Waals surface area (Å²) in [4.78, 5) is 4.34. The van der Waals surface area contributed by atoms with Gasteiger partial charge < -0.3 is 11.1 Å². The van der Waals surface area contributed by atoms with Crippen LogP contribution < -0.4 is 15.8 Å². The summed E-state index contributed by atoms with van der Waals surface area (Å²) in [5, 5.41) is 3.03. The van der Waals surface area contributed by atoms with Crippen LogP contribution in [-0.4, -0.2) is 19.9 Å². The summed E-state index contributed by atoms with van der Waals surface area (Å²) in [5.41, 5.74) is 6.49. The highest BCUT2D eigenvalue weighted by atomic mass is 79.9. The average molecular weight is 371 g/mol. The van der Waals surface area contributed by atoms with Crippen LogP contribution in [-0.2, 0) is 10.0 Å². The SMILES string of the molecule is CCNc1cc(NS(=O)(=O)c2ccc(N)cc2)cc(Br)n1. The lowest BCUT2D eigenvalue weighted by atomic mass is 10.3. The Morgan fingerprint density at radius 1 is 1.24 bits per heavy atom. The predicted octanol–water partition coefficient (Wildman–Crippen LogP) is 2.66. The van der Waals surface area contributed by atoms with Gasteiger partial charge >= 0.3 is 0 Å². The van der Waals surface area contributed by atoms with E-state index in [0.29, 0.717) is 28.3 Å². The fourth-order valence-electron chi connectivity index (χ4n) is 1.69. The van der Waals surface area contributed by atoms with Crippen molar-refractivity contribution >= 4 is 43.1 Å². The van der Waals surface area contributed by atoms with Gasteiger partial charge in [0.2, 0.25) is 0 Å². The second-order valence-electron chi connectivity index (χ2n) is 4.27. The van der Waals surface area contributed by atoms with Crippen LogP contribution in [0.3, 0.4) is 0 Å². The Hall–Kier alpha value is -1.80. The molecule has 1 heterocycles. The first-order valence-electron chi connectivity index (χ1n) is 6.20. The Labute approximate surface area is 132 Å². The molecular weight excluding hydrogens is 356 g/mol. The molecule has 0 aliphatic carbocycles.